The Kier molecular flexibility index (Phi) is 6.72. The van der Waals surface area contributed by atoms with Crippen LogP contribution in [-0.4, -0.2) is 28.7 Å². The summed E-state index contributed by atoms with van der Waals surface area (Å²) in [5.74, 6) is 1.06. The van der Waals surface area contributed by atoms with Crippen LogP contribution in [0.25, 0.3) is 17.2 Å². The van der Waals surface area contributed by atoms with E-state index in [0.717, 1.165) is 42.5 Å². The number of nitrogens with zero attached hydrogens (tertiary/aromatic N) is 2. The van der Waals surface area contributed by atoms with Crippen molar-refractivity contribution in [1.82, 2.24) is 15.3 Å². The van der Waals surface area contributed by atoms with Crippen LogP contribution in [0.1, 0.15) is 48.4 Å². The molecule has 3 aromatic rings. The summed E-state index contributed by atoms with van der Waals surface area (Å²) in [5.41, 5.74) is 5.73. The van der Waals surface area contributed by atoms with E-state index in [4.69, 9.17) is 4.74 Å². The predicted octanol–water partition coefficient (Wildman–Crippen LogP) is 6.23. The van der Waals surface area contributed by atoms with Gasteiger partial charge in [-0.15, -0.1) is 11.3 Å². The molecule has 1 aromatic carbocycles. The van der Waals surface area contributed by atoms with E-state index in [1.165, 1.54) is 22.7 Å². The summed E-state index contributed by atoms with van der Waals surface area (Å²) in [6, 6.07) is 10.7. The number of benzene rings is 1. The van der Waals surface area contributed by atoms with Gasteiger partial charge in [-0.2, -0.15) is 0 Å². The lowest BCUT2D eigenvalue weighted by Crippen LogP contribution is -2.44. The summed E-state index contributed by atoms with van der Waals surface area (Å²) in [5, 5.41) is 3.04. The molecule has 0 aliphatic heterocycles. The first kappa shape index (κ1) is 22.7. The lowest BCUT2D eigenvalue weighted by molar-refractivity contribution is 0.129. The van der Waals surface area contributed by atoms with Gasteiger partial charge in [-0.3, -0.25) is 4.98 Å². The maximum atomic E-state index is 13.5. The molecule has 0 radical (unpaired) electrons. The Labute approximate surface area is 203 Å². The topological polar surface area (TPSA) is 64.1 Å². The van der Waals surface area contributed by atoms with Gasteiger partial charge in [-0.25, -0.2) is 14.2 Å². The molecule has 0 bridgehead atoms. The number of halogens is 1. The number of pyridine rings is 1. The quantitative estimate of drug-likeness (QED) is 0.473. The van der Waals surface area contributed by atoms with Gasteiger partial charge in [0.05, 0.1) is 23.5 Å². The van der Waals surface area contributed by atoms with Crippen LogP contribution in [0, 0.1) is 17.7 Å². The fraction of sp³-hybridized carbons (Fsp3) is 0.370. The fourth-order valence-electron chi connectivity index (χ4n) is 5.39. The zero-order chi connectivity index (χ0) is 23.5. The lowest BCUT2D eigenvalue weighted by atomic mass is 9.65. The molecule has 7 heteroatoms. The summed E-state index contributed by atoms with van der Waals surface area (Å²) in [7, 11) is 0. The van der Waals surface area contributed by atoms with Gasteiger partial charge >= 0.3 is 6.09 Å². The Bertz CT molecular complexity index is 1180. The number of aromatic nitrogens is 2. The molecule has 1 N–H and O–H groups in total. The Morgan fingerprint density at radius 1 is 1.24 bits per heavy atom. The summed E-state index contributed by atoms with van der Waals surface area (Å²) in [4.78, 5) is 22.5. The second-order valence-corrected chi connectivity index (χ2v) is 9.92. The van der Waals surface area contributed by atoms with Crippen molar-refractivity contribution >= 4 is 23.5 Å². The minimum atomic E-state index is -0.319. The molecule has 1 amide bonds. The van der Waals surface area contributed by atoms with E-state index in [-0.39, 0.29) is 18.0 Å². The molecular formula is C27H28FN3O2S. The average Bonchev–Trinajstić information content (AvgIpc) is 3.30. The molecular weight excluding hydrogens is 449 g/mol. The number of fused-ring (bicyclic) bond motifs is 2. The van der Waals surface area contributed by atoms with E-state index in [0.29, 0.717) is 24.4 Å². The molecule has 5 rings (SSSR count). The molecule has 0 saturated heterocycles. The largest absolute Gasteiger partial charge is 0.450 e. The Balaban J connectivity index is 1.32. The highest BCUT2D eigenvalue weighted by Crippen LogP contribution is 2.48. The second-order valence-electron chi connectivity index (χ2n) is 9.03. The Morgan fingerprint density at radius 2 is 2.15 bits per heavy atom. The number of carbonyl (C=O) groups is 1. The fourth-order valence-corrected chi connectivity index (χ4v) is 6.36. The van der Waals surface area contributed by atoms with Crippen LogP contribution >= 0.6 is 11.3 Å². The second kappa shape index (κ2) is 10.1. The van der Waals surface area contributed by atoms with Crippen molar-refractivity contribution in [3.63, 3.8) is 0 Å². The number of thiazole rings is 1. The first-order valence-electron chi connectivity index (χ1n) is 11.9. The molecule has 0 spiro atoms. The van der Waals surface area contributed by atoms with Crippen LogP contribution in [0.15, 0.2) is 54.2 Å². The Hall–Kier alpha value is -3.06. The monoisotopic (exact) mass is 477 g/mol. The first-order valence-corrected chi connectivity index (χ1v) is 12.7. The van der Waals surface area contributed by atoms with Gasteiger partial charge in [0.1, 0.15) is 5.82 Å². The summed E-state index contributed by atoms with van der Waals surface area (Å²) in [6.07, 6.45) is 9.77. The maximum absolute atomic E-state index is 13.5. The number of ether oxygens (including phenoxy) is 1. The van der Waals surface area contributed by atoms with Crippen molar-refractivity contribution in [1.29, 1.82) is 0 Å². The first-order chi connectivity index (χ1) is 16.6. The smallest absolute Gasteiger partial charge is 0.407 e. The summed E-state index contributed by atoms with van der Waals surface area (Å²) < 4.78 is 18.6. The number of nitrogens with one attached hydrogen (secondary N) is 1. The van der Waals surface area contributed by atoms with Crippen LogP contribution in [0.5, 0.6) is 0 Å². The van der Waals surface area contributed by atoms with Crippen molar-refractivity contribution in [2.45, 2.75) is 44.6 Å². The molecule has 5 nitrogen and oxygen atoms in total. The van der Waals surface area contributed by atoms with Gasteiger partial charge in [-0.1, -0.05) is 24.3 Å². The third-order valence-corrected chi connectivity index (χ3v) is 7.92. The van der Waals surface area contributed by atoms with E-state index < -0.39 is 0 Å². The number of rotatable bonds is 5. The molecule has 1 fully saturated rings. The van der Waals surface area contributed by atoms with Crippen molar-refractivity contribution in [3.05, 3.63) is 76.3 Å². The number of hydrogen-bond donors (Lipinski definition) is 1. The van der Waals surface area contributed by atoms with Crippen molar-refractivity contribution in [2.24, 2.45) is 11.8 Å². The molecule has 2 aliphatic carbocycles. The molecule has 2 aromatic heterocycles. The van der Waals surface area contributed by atoms with Gasteiger partial charge in [0.25, 0.3) is 0 Å². The number of alkyl carbamates (subject to hydrolysis) is 1. The molecule has 2 aliphatic rings. The number of carbonyl (C=O) groups excluding carboxylic acids is 1. The van der Waals surface area contributed by atoms with Gasteiger partial charge in [-0.05, 0) is 74.3 Å². The summed E-state index contributed by atoms with van der Waals surface area (Å²) in [6.45, 7) is 2.21. The van der Waals surface area contributed by atoms with Gasteiger partial charge in [0, 0.05) is 28.6 Å². The molecule has 4 atom stereocenters. The van der Waals surface area contributed by atoms with Gasteiger partial charge in [0.2, 0.25) is 0 Å². The highest BCUT2D eigenvalue weighted by atomic mass is 32.1. The zero-order valence-corrected chi connectivity index (χ0v) is 19.9. The van der Waals surface area contributed by atoms with Crippen LogP contribution in [0.2, 0.25) is 0 Å². The minimum Gasteiger partial charge on any atom is -0.450 e. The van der Waals surface area contributed by atoms with E-state index >= 15 is 0 Å². The highest BCUT2D eigenvalue weighted by molar-refractivity contribution is 7.09. The Morgan fingerprint density at radius 3 is 2.94 bits per heavy atom. The summed E-state index contributed by atoms with van der Waals surface area (Å²) >= 11 is 1.74. The highest BCUT2D eigenvalue weighted by Gasteiger charge is 2.41. The van der Waals surface area contributed by atoms with Gasteiger partial charge < -0.3 is 10.1 Å². The van der Waals surface area contributed by atoms with Crippen LogP contribution in [0.3, 0.4) is 0 Å². The molecule has 2 heterocycles. The number of amides is 1. The zero-order valence-electron chi connectivity index (χ0n) is 19.1. The van der Waals surface area contributed by atoms with Crippen LogP contribution in [0.4, 0.5) is 9.18 Å². The standard InChI is InChI=1S/C27H28FN3O2S/c1-2-33-27(32)31-22-9-10-23-19(13-22)14-25-26(34-16-30-25)24(23)11-8-21-7-6-18(15-29-21)17-4-3-5-20(28)12-17/h3-8,11-12,15-16,19,22-24H,2,9-10,13-14H2,1H3,(H,31,32)/b11-8+/t19-,22+,23+,24-/m0/s1. The van der Waals surface area contributed by atoms with Crippen LogP contribution < -0.4 is 5.32 Å². The van der Waals surface area contributed by atoms with Crippen molar-refractivity contribution in [2.75, 3.05) is 6.61 Å². The maximum Gasteiger partial charge on any atom is 0.407 e. The normalized spacial score (nSPS) is 23.8. The van der Waals surface area contributed by atoms with E-state index in [2.05, 4.69) is 27.4 Å². The average molecular weight is 478 g/mol. The minimum absolute atomic E-state index is 0.155. The van der Waals surface area contributed by atoms with E-state index in [9.17, 15) is 9.18 Å². The number of hydrogen-bond acceptors (Lipinski definition) is 5. The SMILES string of the molecule is CCOC(=O)N[C@@H]1CC[C@@H]2[C@H](Cc3ncsc3[C@H]2/C=C/c2ccc(-c3cccc(F)c3)cn2)C1. The predicted molar refractivity (Wildman–Crippen MR) is 132 cm³/mol. The molecule has 1 saturated carbocycles. The van der Waals surface area contributed by atoms with Crippen molar-refractivity contribution in [3.8, 4) is 11.1 Å². The van der Waals surface area contributed by atoms with Crippen LogP contribution in [-0.2, 0) is 11.2 Å². The van der Waals surface area contributed by atoms with E-state index in [1.54, 1.807) is 23.6 Å². The number of allylic oxidation sites excluding steroid dienone is 1. The van der Waals surface area contributed by atoms with E-state index in [1.807, 2.05) is 30.6 Å². The van der Waals surface area contributed by atoms with Gasteiger partial charge in [0.15, 0.2) is 0 Å². The molecule has 176 valence electrons. The molecule has 0 unspecified atom stereocenters. The molecule has 34 heavy (non-hydrogen) atoms. The third-order valence-electron chi connectivity index (χ3n) is 6.95. The lowest BCUT2D eigenvalue weighted by Gasteiger charge is -2.42. The third kappa shape index (κ3) is 4.89. The van der Waals surface area contributed by atoms with Crippen molar-refractivity contribution < 1.29 is 13.9 Å².